The van der Waals surface area contributed by atoms with Crippen LogP contribution in [0.15, 0.2) is 66.7 Å². The number of benzene rings is 3. The van der Waals surface area contributed by atoms with Crippen molar-refractivity contribution in [2.24, 2.45) is 0 Å². The standard InChI is InChI=1S/C25H22ClNO5/c1-2-4-17-15-21(30-19-9-7-18(26)8-10-19)11-12-22(17)31-20-6-3-5-16(13-20)14-23-24(28)27-25(29)32-23/h3,5-13,15,23H,2,4,14H2,1H3,(H,27,28,29). The number of hydrogen-bond acceptors (Lipinski definition) is 5. The van der Waals surface area contributed by atoms with Crippen LogP contribution in [0.2, 0.25) is 5.02 Å². The summed E-state index contributed by atoms with van der Waals surface area (Å²) in [7, 11) is 0. The van der Waals surface area contributed by atoms with Gasteiger partial charge < -0.3 is 14.2 Å². The molecule has 1 saturated heterocycles. The normalized spacial score (nSPS) is 15.2. The number of imide groups is 1. The second-order valence-corrected chi connectivity index (χ2v) is 7.85. The molecule has 0 aromatic heterocycles. The molecule has 164 valence electrons. The molecule has 1 aliphatic rings. The Labute approximate surface area is 191 Å². The molecular weight excluding hydrogens is 430 g/mol. The van der Waals surface area contributed by atoms with Gasteiger partial charge in [-0.15, -0.1) is 0 Å². The maximum atomic E-state index is 11.8. The number of aryl methyl sites for hydroxylation is 1. The lowest BCUT2D eigenvalue weighted by Crippen LogP contribution is -2.25. The van der Waals surface area contributed by atoms with Crippen LogP contribution in [-0.4, -0.2) is 18.1 Å². The molecule has 1 fully saturated rings. The van der Waals surface area contributed by atoms with Crippen LogP contribution in [0.4, 0.5) is 4.79 Å². The Kier molecular flexibility index (Phi) is 6.61. The zero-order valence-electron chi connectivity index (χ0n) is 17.5. The Balaban J connectivity index is 1.50. The molecular formula is C25H22ClNO5. The summed E-state index contributed by atoms with van der Waals surface area (Å²) >= 11 is 5.94. The van der Waals surface area contributed by atoms with Gasteiger partial charge in [0.05, 0.1) is 0 Å². The SMILES string of the molecule is CCCc1cc(Oc2ccc(Cl)cc2)ccc1Oc1cccc(CC2OC(=O)NC2=O)c1. The summed E-state index contributed by atoms with van der Waals surface area (Å²) in [5, 5.41) is 2.79. The molecule has 3 aromatic carbocycles. The first-order valence-electron chi connectivity index (χ1n) is 10.3. The first-order valence-corrected chi connectivity index (χ1v) is 10.7. The van der Waals surface area contributed by atoms with Crippen molar-refractivity contribution in [3.05, 3.63) is 82.9 Å². The minimum Gasteiger partial charge on any atom is -0.457 e. The quantitative estimate of drug-likeness (QED) is 0.451. The van der Waals surface area contributed by atoms with E-state index in [1.54, 1.807) is 12.1 Å². The van der Waals surface area contributed by atoms with Crippen molar-refractivity contribution in [3.8, 4) is 23.0 Å². The molecule has 1 atom stereocenters. The Morgan fingerprint density at radius 3 is 2.41 bits per heavy atom. The van der Waals surface area contributed by atoms with Crippen LogP contribution in [0, 0.1) is 0 Å². The molecule has 32 heavy (non-hydrogen) atoms. The van der Waals surface area contributed by atoms with Crippen LogP contribution < -0.4 is 14.8 Å². The van der Waals surface area contributed by atoms with Gasteiger partial charge in [0.25, 0.3) is 5.91 Å². The van der Waals surface area contributed by atoms with E-state index in [-0.39, 0.29) is 6.42 Å². The van der Waals surface area contributed by atoms with E-state index >= 15 is 0 Å². The van der Waals surface area contributed by atoms with Crippen LogP contribution >= 0.6 is 11.6 Å². The molecule has 1 heterocycles. The molecule has 1 aliphatic heterocycles. The summed E-state index contributed by atoms with van der Waals surface area (Å²) < 4.78 is 17.1. The maximum absolute atomic E-state index is 11.8. The van der Waals surface area contributed by atoms with E-state index in [1.807, 2.05) is 54.6 Å². The highest BCUT2D eigenvalue weighted by molar-refractivity contribution is 6.30. The van der Waals surface area contributed by atoms with Gasteiger partial charge in [-0.1, -0.05) is 37.1 Å². The van der Waals surface area contributed by atoms with E-state index in [1.165, 1.54) is 0 Å². The highest BCUT2D eigenvalue weighted by Gasteiger charge is 2.32. The summed E-state index contributed by atoms with van der Waals surface area (Å²) in [6.45, 7) is 2.10. The number of ether oxygens (including phenoxy) is 3. The van der Waals surface area contributed by atoms with E-state index in [4.69, 9.17) is 25.8 Å². The molecule has 0 spiro atoms. The fourth-order valence-corrected chi connectivity index (χ4v) is 3.55. The molecule has 0 radical (unpaired) electrons. The van der Waals surface area contributed by atoms with Gasteiger partial charge in [0.15, 0.2) is 6.10 Å². The number of hydrogen-bond donors (Lipinski definition) is 1. The summed E-state index contributed by atoms with van der Waals surface area (Å²) in [6.07, 6.45) is 0.522. The van der Waals surface area contributed by atoms with E-state index in [0.717, 1.165) is 29.7 Å². The molecule has 0 bridgehead atoms. The Bertz CT molecular complexity index is 1130. The lowest BCUT2D eigenvalue weighted by molar-refractivity contribution is -0.123. The Morgan fingerprint density at radius 1 is 0.938 bits per heavy atom. The molecule has 3 aromatic rings. The monoisotopic (exact) mass is 451 g/mol. The number of halogens is 1. The van der Waals surface area contributed by atoms with Gasteiger partial charge in [-0.05, 0) is 72.1 Å². The number of amides is 2. The lowest BCUT2D eigenvalue weighted by atomic mass is 10.1. The largest absolute Gasteiger partial charge is 0.457 e. The predicted molar refractivity (Wildman–Crippen MR) is 121 cm³/mol. The topological polar surface area (TPSA) is 73.9 Å². The van der Waals surface area contributed by atoms with Gasteiger partial charge in [0, 0.05) is 11.4 Å². The van der Waals surface area contributed by atoms with Crippen molar-refractivity contribution in [1.29, 1.82) is 0 Å². The molecule has 6 nitrogen and oxygen atoms in total. The second-order valence-electron chi connectivity index (χ2n) is 7.41. The third-order valence-corrected chi connectivity index (χ3v) is 5.17. The van der Waals surface area contributed by atoms with Crippen molar-refractivity contribution >= 4 is 23.6 Å². The van der Waals surface area contributed by atoms with Crippen LogP contribution in [-0.2, 0) is 22.4 Å². The van der Waals surface area contributed by atoms with E-state index in [9.17, 15) is 9.59 Å². The van der Waals surface area contributed by atoms with Crippen molar-refractivity contribution in [2.75, 3.05) is 0 Å². The highest BCUT2D eigenvalue weighted by Crippen LogP contribution is 2.32. The number of alkyl carbamates (subject to hydrolysis) is 1. The molecule has 1 unspecified atom stereocenters. The predicted octanol–water partition coefficient (Wildman–Crippen LogP) is 6.05. The number of nitrogens with one attached hydrogen (secondary N) is 1. The van der Waals surface area contributed by atoms with Gasteiger partial charge in [0.2, 0.25) is 0 Å². The zero-order valence-corrected chi connectivity index (χ0v) is 18.2. The lowest BCUT2D eigenvalue weighted by Gasteiger charge is -2.14. The Morgan fingerprint density at radius 2 is 1.69 bits per heavy atom. The van der Waals surface area contributed by atoms with E-state index < -0.39 is 18.1 Å². The second kappa shape index (κ2) is 9.75. The third kappa shape index (κ3) is 5.39. The number of rotatable bonds is 8. The molecule has 1 N–H and O–H groups in total. The van der Waals surface area contributed by atoms with Crippen LogP contribution in [0.5, 0.6) is 23.0 Å². The summed E-state index contributed by atoms with van der Waals surface area (Å²) in [5.74, 6) is 2.36. The highest BCUT2D eigenvalue weighted by atomic mass is 35.5. The van der Waals surface area contributed by atoms with E-state index in [0.29, 0.717) is 22.3 Å². The average Bonchev–Trinajstić information content (AvgIpc) is 3.08. The minimum atomic E-state index is -0.822. The van der Waals surface area contributed by atoms with Crippen LogP contribution in [0.3, 0.4) is 0 Å². The molecule has 2 amide bonds. The Hall–Kier alpha value is -3.51. The van der Waals surface area contributed by atoms with Gasteiger partial charge in [0.1, 0.15) is 23.0 Å². The van der Waals surface area contributed by atoms with Crippen LogP contribution in [0.25, 0.3) is 0 Å². The molecule has 0 aliphatic carbocycles. The molecule has 4 rings (SSSR count). The van der Waals surface area contributed by atoms with Gasteiger partial charge >= 0.3 is 6.09 Å². The van der Waals surface area contributed by atoms with Crippen LogP contribution in [0.1, 0.15) is 24.5 Å². The van der Waals surface area contributed by atoms with Gasteiger partial charge in [-0.3, -0.25) is 10.1 Å². The number of carbonyl (C=O) groups is 2. The molecule has 0 saturated carbocycles. The summed E-state index contributed by atoms with van der Waals surface area (Å²) in [4.78, 5) is 23.0. The van der Waals surface area contributed by atoms with Crippen molar-refractivity contribution in [1.82, 2.24) is 5.32 Å². The first-order chi connectivity index (χ1) is 15.5. The molecule has 7 heteroatoms. The smallest absolute Gasteiger partial charge is 0.414 e. The van der Waals surface area contributed by atoms with Crippen molar-refractivity contribution in [3.63, 3.8) is 0 Å². The summed E-state index contributed by atoms with van der Waals surface area (Å²) in [6, 6.07) is 20.3. The minimum absolute atomic E-state index is 0.282. The van der Waals surface area contributed by atoms with Gasteiger partial charge in [-0.25, -0.2) is 4.79 Å². The summed E-state index contributed by atoms with van der Waals surface area (Å²) in [5.41, 5.74) is 1.85. The fourth-order valence-electron chi connectivity index (χ4n) is 3.43. The zero-order chi connectivity index (χ0) is 22.5. The number of carbonyl (C=O) groups excluding carboxylic acids is 2. The fraction of sp³-hybridized carbons (Fsp3) is 0.200. The average molecular weight is 452 g/mol. The number of cyclic esters (lactones) is 1. The third-order valence-electron chi connectivity index (χ3n) is 4.91. The van der Waals surface area contributed by atoms with Gasteiger partial charge in [-0.2, -0.15) is 0 Å². The first kappa shape index (κ1) is 21.7. The van der Waals surface area contributed by atoms with E-state index in [2.05, 4.69) is 12.2 Å². The van der Waals surface area contributed by atoms with Crippen molar-refractivity contribution in [2.45, 2.75) is 32.3 Å². The maximum Gasteiger partial charge on any atom is 0.414 e. The van der Waals surface area contributed by atoms with Crippen molar-refractivity contribution < 1.29 is 23.8 Å².